The van der Waals surface area contributed by atoms with Gasteiger partial charge in [0.15, 0.2) is 5.82 Å². The van der Waals surface area contributed by atoms with Gasteiger partial charge in [0.1, 0.15) is 18.3 Å². The number of carboxylic acids is 1. The lowest BCUT2D eigenvalue weighted by atomic mass is 9.71. The van der Waals surface area contributed by atoms with Gasteiger partial charge in [0.05, 0.1) is 13.5 Å². The smallest absolute Gasteiger partial charge is 0.325 e. The molecule has 2 aliphatic rings. The molecule has 3 amide bonds. The van der Waals surface area contributed by atoms with Crippen molar-refractivity contribution in [2.75, 3.05) is 19.0 Å². The van der Waals surface area contributed by atoms with Crippen LogP contribution in [-0.4, -0.2) is 63.4 Å². The summed E-state index contributed by atoms with van der Waals surface area (Å²) in [4.78, 5) is 61.5. The molecule has 0 aliphatic heterocycles. The number of methoxy groups -OCH3 is 1. The van der Waals surface area contributed by atoms with Crippen LogP contribution in [0.25, 0.3) is 17.0 Å². The lowest BCUT2D eigenvalue weighted by Gasteiger charge is -2.35. The molecule has 0 radical (unpaired) electrons. The third kappa shape index (κ3) is 11.1. The lowest BCUT2D eigenvalue weighted by molar-refractivity contribution is -0.141. The standard InChI is InChI=1S/C46H53N5O6/c1-4-31-5-11-34(12-6-31)35-15-17-36(18-16-35)39-26-47-44(48-27-39)37-13-7-33(8-14-37)28-51(29-43(53)49-30(2)46(55)56)45(54)38-19-21-40(22-20-38)50-42(52)25-32-9-23-41(57-3)24-10-32/h7-10,13-14,17,19-24,26-27,30-31,34-35H,4-6,11-12,15-16,18,25,28-29H2,1-3H3,(H,49,53)(H,50,52)(H,55,56)/t30-,31-,34-,35?/m1/s1. The normalized spacial score (nSPS) is 18.4. The summed E-state index contributed by atoms with van der Waals surface area (Å²) < 4.78 is 5.17. The van der Waals surface area contributed by atoms with Crippen molar-refractivity contribution in [1.82, 2.24) is 20.2 Å². The summed E-state index contributed by atoms with van der Waals surface area (Å²) in [5.41, 5.74) is 5.61. The monoisotopic (exact) mass is 771 g/mol. The van der Waals surface area contributed by atoms with Gasteiger partial charge in [-0.15, -0.1) is 0 Å². The van der Waals surface area contributed by atoms with Gasteiger partial charge in [-0.25, -0.2) is 9.97 Å². The van der Waals surface area contributed by atoms with Crippen LogP contribution >= 0.6 is 0 Å². The number of aliphatic carboxylic acids is 1. The number of rotatable bonds is 15. The molecule has 1 saturated carbocycles. The van der Waals surface area contributed by atoms with Gasteiger partial charge in [0.2, 0.25) is 11.8 Å². The molecule has 57 heavy (non-hydrogen) atoms. The first-order valence-corrected chi connectivity index (χ1v) is 20.0. The second-order valence-electron chi connectivity index (χ2n) is 15.4. The molecule has 0 saturated heterocycles. The molecule has 1 unspecified atom stereocenters. The van der Waals surface area contributed by atoms with Crippen molar-refractivity contribution in [1.29, 1.82) is 0 Å². The molecule has 2 aliphatic carbocycles. The highest BCUT2D eigenvalue weighted by Gasteiger charge is 2.28. The second kappa shape index (κ2) is 19.3. The number of ether oxygens (including phenoxy) is 1. The van der Waals surface area contributed by atoms with Gasteiger partial charge in [0, 0.05) is 41.3 Å². The molecule has 3 aromatic carbocycles. The third-order valence-electron chi connectivity index (χ3n) is 11.5. The van der Waals surface area contributed by atoms with E-state index < -0.39 is 23.8 Å². The van der Waals surface area contributed by atoms with E-state index in [1.54, 1.807) is 43.5 Å². The van der Waals surface area contributed by atoms with E-state index in [4.69, 9.17) is 14.7 Å². The van der Waals surface area contributed by atoms with E-state index in [-0.39, 0.29) is 25.4 Å². The number of carboxylic acid groups (broad SMARTS) is 1. The Morgan fingerprint density at radius 3 is 2.09 bits per heavy atom. The molecule has 1 heterocycles. The van der Waals surface area contributed by atoms with E-state index in [0.717, 1.165) is 52.8 Å². The Balaban J connectivity index is 1.08. The summed E-state index contributed by atoms with van der Waals surface area (Å²) in [5, 5.41) is 14.6. The van der Waals surface area contributed by atoms with E-state index in [1.807, 2.05) is 48.8 Å². The number of aromatic nitrogens is 2. The molecule has 4 aromatic rings. The third-order valence-corrected chi connectivity index (χ3v) is 11.5. The Kier molecular flexibility index (Phi) is 13.9. The quantitative estimate of drug-likeness (QED) is 0.110. The predicted octanol–water partition coefficient (Wildman–Crippen LogP) is 7.97. The molecule has 2 atom stereocenters. The zero-order chi connectivity index (χ0) is 40.3. The molecule has 6 rings (SSSR count). The van der Waals surface area contributed by atoms with Crippen molar-refractivity contribution in [2.24, 2.45) is 17.8 Å². The van der Waals surface area contributed by atoms with Crippen LogP contribution in [0.4, 0.5) is 5.69 Å². The number of hydrogen-bond acceptors (Lipinski definition) is 7. The van der Waals surface area contributed by atoms with Gasteiger partial charge in [-0.2, -0.15) is 0 Å². The van der Waals surface area contributed by atoms with E-state index >= 15 is 0 Å². The van der Waals surface area contributed by atoms with Crippen LogP contribution < -0.4 is 15.4 Å². The summed E-state index contributed by atoms with van der Waals surface area (Å²) >= 11 is 0. The topological polar surface area (TPSA) is 151 Å². The second-order valence-corrected chi connectivity index (χ2v) is 15.4. The van der Waals surface area contributed by atoms with E-state index in [2.05, 4.69) is 23.6 Å². The molecule has 11 nitrogen and oxygen atoms in total. The Hall–Kier alpha value is -5.84. The van der Waals surface area contributed by atoms with Crippen LogP contribution in [0.5, 0.6) is 5.75 Å². The first kappa shape index (κ1) is 40.8. The van der Waals surface area contributed by atoms with Crippen molar-refractivity contribution < 1.29 is 29.0 Å². The highest BCUT2D eigenvalue weighted by atomic mass is 16.5. The summed E-state index contributed by atoms with van der Waals surface area (Å²) in [5.74, 6) is 1.44. The van der Waals surface area contributed by atoms with Crippen molar-refractivity contribution in [3.05, 3.63) is 114 Å². The van der Waals surface area contributed by atoms with Gasteiger partial charge in [0.25, 0.3) is 5.91 Å². The zero-order valence-electron chi connectivity index (χ0n) is 33.1. The molecular weight excluding hydrogens is 719 g/mol. The van der Waals surface area contributed by atoms with Crippen molar-refractivity contribution in [3.8, 4) is 17.1 Å². The fraction of sp³-hybridized carbons (Fsp3) is 0.391. The van der Waals surface area contributed by atoms with Crippen molar-refractivity contribution in [3.63, 3.8) is 0 Å². The largest absolute Gasteiger partial charge is 0.497 e. The van der Waals surface area contributed by atoms with Gasteiger partial charge < -0.3 is 25.4 Å². The minimum absolute atomic E-state index is 0.0866. The Labute approximate surface area is 335 Å². The zero-order valence-corrected chi connectivity index (χ0v) is 33.1. The fourth-order valence-electron chi connectivity index (χ4n) is 7.97. The number of carbonyl (C=O) groups excluding carboxylic acids is 3. The number of benzene rings is 3. The summed E-state index contributed by atoms with van der Waals surface area (Å²) in [7, 11) is 1.58. The van der Waals surface area contributed by atoms with Crippen molar-refractivity contribution in [2.45, 2.75) is 84.2 Å². The Morgan fingerprint density at radius 1 is 0.825 bits per heavy atom. The van der Waals surface area contributed by atoms with Crippen LogP contribution in [0, 0.1) is 17.8 Å². The minimum atomic E-state index is -1.18. The van der Waals surface area contributed by atoms with Gasteiger partial charge in [-0.3, -0.25) is 19.2 Å². The summed E-state index contributed by atoms with van der Waals surface area (Å²) in [6.45, 7) is 3.41. The molecule has 298 valence electrons. The van der Waals surface area contributed by atoms with Crippen LogP contribution in [0.1, 0.15) is 92.3 Å². The van der Waals surface area contributed by atoms with Crippen molar-refractivity contribution >= 4 is 35.0 Å². The summed E-state index contributed by atoms with van der Waals surface area (Å²) in [6.07, 6.45) is 16.6. The highest BCUT2D eigenvalue weighted by molar-refractivity contribution is 5.98. The molecular formula is C46H53N5O6. The van der Waals surface area contributed by atoms with Crippen LogP contribution in [0.15, 0.2) is 91.3 Å². The molecule has 11 heteroatoms. The first-order valence-electron chi connectivity index (χ1n) is 20.0. The van der Waals surface area contributed by atoms with Gasteiger partial charge in [-0.05, 0) is 110 Å². The van der Waals surface area contributed by atoms with E-state index in [1.165, 1.54) is 55.9 Å². The molecule has 1 aromatic heterocycles. The van der Waals surface area contributed by atoms with Crippen LogP contribution in [0.2, 0.25) is 0 Å². The number of nitrogens with zero attached hydrogens (tertiary/aromatic N) is 3. The number of allylic oxidation sites excluding steroid dienone is 2. The number of anilines is 1. The number of hydrogen-bond donors (Lipinski definition) is 3. The lowest BCUT2D eigenvalue weighted by Crippen LogP contribution is -2.45. The fourth-order valence-corrected chi connectivity index (χ4v) is 7.97. The van der Waals surface area contributed by atoms with Crippen LogP contribution in [-0.2, 0) is 27.3 Å². The van der Waals surface area contributed by atoms with E-state index in [9.17, 15) is 24.3 Å². The average Bonchev–Trinajstić information content (AvgIpc) is 3.24. The van der Waals surface area contributed by atoms with Gasteiger partial charge in [-0.1, -0.05) is 68.7 Å². The summed E-state index contributed by atoms with van der Waals surface area (Å²) in [6, 6.07) is 20.0. The number of nitrogens with one attached hydrogen (secondary N) is 2. The SMILES string of the molecule is CC[C@H]1CC[C@H](C2CC=C(c3cnc(-c4ccc(CN(CC(=O)N[C@H](C)C(=O)O)C(=O)c5ccc(NC(=O)Cc6ccc(OC)cc6)cc5)cc4)nc3)CC2)CC1. The maximum absolute atomic E-state index is 13.8. The molecule has 3 N–H and O–H groups in total. The number of carbonyl (C=O) groups is 4. The highest BCUT2D eigenvalue weighted by Crippen LogP contribution is 2.41. The first-order chi connectivity index (χ1) is 27.6. The van der Waals surface area contributed by atoms with Gasteiger partial charge >= 0.3 is 5.97 Å². The average molecular weight is 772 g/mol. The maximum Gasteiger partial charge on any atom is 0.325 e. The molecule has 0 bridgehead atoms. The Bertz CT molecular complexity index is 2020. The maximum atomic E-state index is 13.8. The number of amides is 3. The Morgan fingerprint density at radius 2 is 1.49 bits per heavy atom. The predicted molar refractivity (Wildman–Crippen MR) is 220 cm³/mol. The van der Waals surface area contributed by atoms with Crippen LogP contribution in [0.3, 0.4) is 0 Å². The van der Waals surface area contributed by atoms with E-state index in [0.29, 0.717) is 22.8 Å². The molecule has 1 fully saturated rings. The minimum Gasteiger partial charge on any atom is -0.497 e. The molecule has 0 spiro atoms.